The van der Waals surface area contributed by atoms with Crippen LogP contribution in [0.25, 0.3) is 0 Å². The second kappa shape index (κ2) is 5.75. The number of carbonyl (C=O) groups is 1. The quantitative estimate of drug-likeness (QED) is 0.576. The van der Waals surface area contributed by atoms with Crippen LogP contribution in [0.3, 0.4) is 0 Å². The lowest BCUT2D eigenvalue weighted by molar-refractivity contribution is -0.384. The average Bonchev–Trinajstić information content (AvgIpc) is 2.29. The number of Topliss-reactive ketones (excluding diaryl/α,β-unsaturated/α-hetero) is 1. The minimum absolute atomic E-state index is 0.0397. The van der Waals surface area contributed by atoms with E-state index >= 15 is 0 Å². The molecule has 1 aromatic carbocycles. The molecule has 0 radical (unpaired) electrons. The first kappa shape index (κ1) is 12.8. The van der Waals surface area contributed by atoms with E-state index in [1.165, 1.54) is 18.2 Å². The van der Waals surface area contributed by atoms with E-state index in [9.17, 15) is 14.9 Å². The molecule has 0 bridgehead atoms. The normalized spacial score (nSPS) is 9.65. The van der Waals surface area contributed by atoms with Crippen molar-refractivity contribution in [3.63, 3.8) is 0 Å². The number of nitro benzene ring substituents is 1. The van der Waals surface area contributed by atoms with Gasteiger partial charge in [-0.3, -0.25) is 14.9 Å². The van der Waals surface area contributed by atoms with Crippen molar-refractivity contribution in [1.29, 1.82) is 5.26 Å². The molecule has 0 atom stereocenters. The summed E-state index contributed by atoms with van der Waals surface area (Å²) in [5.74, 6) is 0.0397. The molecule has 0 aliphatic carbocycles. The van der Waals surface area contributed by atoms with Gasteiger partial charge in [0.1, 0.15) is 5.78 Å². The smallest absolute Gasteiger partial charge is 0.270 e. The van der Waals surface area contributed by atoms with Gasteiger partial charge in [-0.05, 0) is 12.0 Å². The van der Waals surface area contributed by atoms with Crippen LogP contribution in [0.1, 0.15) is 30.9 Å². The van der Waals surface area contributed by atoms with Gasteiger partial charge in [0.05, 0.1) is 16.6 Å². The van der Waals surface area contributed by atoms with Crippen molar-refractivity contribution in [2.24, 2.45) is 0 Å². The summed E-state index contributed by atoms with van der Waals surface area (Å²) in [7, 11) is 0. The first-order chi connectivity index (χ1) is 8.08. The lowest BCUT2D eigenvalue weighted by Gasteiger charge is -2.02. The van der Waals surface area contributed by atoms with E-state index in [0.29, 0.717) is 12.0 Å². The number of nitrogens with zero attached hydrogens (tertiary/aromatic N) is 2. The van der Waals surface area contributed by atoms with Crippen LogP contribution in [0.15, 0.2) is 18.2 Å². The Morgan fingerprint density at radius 1 is 1.53 bits per heavy atom. The van der Waals surface area contributed by atoms with Gasteiger partial charge in [-0.1, -0.05) is 13.0 Å². The molecule has 5 heteroatoms. The molecule has 0 saturated heterocycles. The van der Waals surface area contributed by atoms with Crippen LogP contribution < -0.4 is 0 Å². The van der Waals surface area contributed by atoms with Gasteiger partial charge in [-0.15, -0.1) is 0 Å². The van der Waals surface area contributed by atoms with Crippen molar-refractivity contribution in [3.8, 4) is 6.07 Å². The number of rotatable bonds is 5. The summed E-state index contributed by atoms with van der Waals surface area (Å²) in [5.41, 5.74) is 0.619. The highest BCUT2D eigenvalue weighted by Crippen LogP contribution is 2.18. The van der Waals surface area contributed by atoms with Crippen molar-refractivity contribution >= 4 is 11.5 Å². The predicted octanol–water partition coefficient (Wildman–Crippen LogP) is 2.38. The second-order valence-corrected chi connectivity index (χ2v) is 3.68. The zero-order valence-corrected chi connectivity index (χ0v) is 9.47. The summed E-state index contributed by atoms with van der Waals surface area (Å²) >= 11 is 0. The van der Waals surface area contributed by atoms with Crippen molar-refractivity contribution in [2.45, 2.75) is 26.2 Å². The van der Waals surface area contributed by atoms with Gasteiger partial charge >= 0.3 is 0 Å². The van der Waals surface area contributed by atoms with E-state index in [4.69, 9.17) is 5.26 Å². The number of nitro groups is 1. The van der Waals surface area contributed by atoms with E-state index in [-0.39, 0.29) is 23.5 Å². The van der Waals surface area contributed by atoms with E-state index in [1.807, 2.05) is 13.0 Å². The molecular weight excluding hydrogens is 220 g/mol. The first-order valence-electron chi connectivity index (χ1n) is 5.27. The summed E-state index contributed by atoms with van der Waals surface area (Å²) in [6.07, 6.45) is 1.38. The zero-order valence-electron chi connectivity index (χ0n) is 9.47. The Morgan fingerprint density at radius 2 is 2.24 bits per heavy atom. The number of benzene rings is 1. The predicted molar refractivity (Wildman–Crippen MR) is 61.4 cm³/mol. The van der Waals surface area contributed by atoms with Crippen LogP contribution in [-0.2, 0) is 11.2 Å². The monoisotopic (exact) mass is 232 g/mol. The molecule has 0 spiro atoms. The molecule has 0 fully saturated rings. The average molecular weight is 232 g/mol. The minimum Gasteiger partial charge on any atom is -0.299 e. The second-order valence-electron chi connectivity index (χ2n) is 3.68. The van der Waals surface area contributed by atoms with Gasteiger partial charge in [0, 0.05) is 25.0 Å². The molecule has 0 aromatic heterocycles. The molecule has 0 amide bonds. The van der Waals surface area contributed by atoms with Gasteiger partial charge in [0.15, 0.2) is 0 Å². The SMILES string of the molecule is CCCC(=O)Cc1ccc([N+](=O)[O-])cc1C#N. The van der Waals surface area contributed by atoms with Crippen LogP contribution in [0.4, 0.5) is 5.69 Å². The third-order valence-electron chi connectivity index (χ3n) is 2.34. The van der Waals surface area contributed by atoms with E-state index in [1.54, 1.807) is 0 Å². The van der Waals surface area contributed by atoms with Crippen LogP contribution in [0.2, 0.25) is 0 Å². The number of hydrogen-bond donors (Lipinski definition) is 0. The maximum absolute atomic E-state index is 11.5. The molecular formula is C12H12N2O3. The summed E-state index contributed by atoms with van der Waals surface area (Å²) < 4.78 is 0. The Kier molecular flexibility index (Phi) is 4.35. The Balaban J connectivity index is 2.98. The molecule has 5 nitrogen and oxygen atoms in total. The van der Waals surface area contributed by atoms with Crippen LogP contribution in [-0.4, -0.2) is 10.7 Å². The van der Waals surface area contributed by atoms with Crippen molar-refractivity contribution in [3.05, 3.63) is 39.4 Å². The molecule has 0 unspecified atom stereocenters. The molecule has 0 aliphatic heterocycles. The third kappa shape index (κ3) is 3.38. The zero-order chi connectivity index (χ0) is 12.8. The Bertz CT molecular complexity index is 489. The highest BCUT2D eigenvalue weighted by molar-refractivity contribution is 5.81. The van der Waals surface area contributed by atoms with Gasteiger partial charge in [0.2, 0.25) is 0 Å². The van der Waals surface area contributed by atoms with E-state index in [0.717, 1.165) is 6.42 Å². The fourth-order valence-electron chi connectivity index (χ4n) is 1.52. The fourth-order valence-corrected chi connectivity index (χ4v) is 1.52. The summed E-state index contributed by atoms with van der Waals surface area (Å²) in [5, 5.41) is 19.4. The Labute approximate surface area is 98.8 Å². The molecule has 88 valence electrons. The minimum atomic E-state index is -0.557. The maximum Gasteiger partial charge on any atom is 0.270 e. The maximum atomic E-state index is 11.5. The number of carbonyl (C=O) groups excluding carboxylic acids is 1. The summed E-state index contributed by atoms with van der Waals surface area (Å²) in [4.78, 5) is 21.4. The van der Waals surface area contributed by atoms with Gasteiger partial charge in [-0.25, -0.2) is 0 Å². The first-order valence-corrected chi connectivity index (χ1v) is 5.27. The Morgan fingerprint density at radius 3 is 2.76 bits per heavy atom. The highest BCUT2D eigenvalue weighted by atomic mass is 16.6. The van der Waals surface area contributed by atoms with Crippen molar-refractivity contribution < 1.29 is 9.72 Å². The molecule has 1 rings (SSSR count). The summed E-state index contributed by atoms with van der Waals surface area (Å²) in [6.45, 7) is 1.90. The highest BCUT2D eigenvalue weighted by Gasteiger charge is 2.12. The lowest BCUT2D eigenvalue weighted by atomic mass is 10.0. The van der Waals surface area contributed by atoms with Crippen LogP contribution in [0, 0.1) is 21.4 Å². The summed E-state index contributed by atoms with van der Waals surface area (Å²) in [6, 6.07) is 5.88. The molecule has 0 N–H and O–H groups in total. The van der Waals surface area contributed by atoms with E-state index < -0.39 is 4.92 Å². The third-order valence-corrected chi connectivity index (χ3v) is 2.34. The topological polar surface area (TPSA) is 84.0 Å². The largest absolute Gasteiger partial charge is 0.299 e. The van der Waals surface area contributed by atoms with Crippen molar-refractivity contribution in [1.82, 2.24) is 0 Å². The molecule has 0 aliphatic rings. The molecule has 17 heavy (non-hydrogen) atoms. The molecule has 0 saturated carbocycles. The van der Waals surface area contributed by atoms with Crippen LogP contribution >= 0.6 is 0 Å². The van der Waals surface area contributed by atoms with Crippen molar-refractivity contribution in [2.75, 3.05) is 0 Å². The number of nitriles is 1. The van der Waals surface area contributed by atoms with Crippen LogP contribution in [0.5, 0.6) is 0 Å². The van der Waals surface area contributed by atoms with Gasteiger partial charge in [-0.2, -0.15) is 5.26 Å². The fraction of sp³-hybridized carbons (Fsp3) is 0.333. The number of hydrogen-bond acceptors (Lipinski definition) is 4. The van der Waals surface area contributed by atoms with E-state index in [2.05, 4.69) is 0 Å². The standard InChI is InChI=1S/C12H12N2O3/c1-2-3-12(15)7-9-4-5-11(14(16)17)6-10(9)8-13/h4-6H,2-3,7H2,1H3. The number of non-ortho nitro benzene ring substituents is 1. The lowest BCUT2D eigenvalue weighted by Crippen LogP contribution is -2.04. The molecule has 1 aromatic rings. The number of ketones is 1. The van der Waals surface area contributed by atoms with Gasteiger partial charge in [0.25, 0.3) is 5.69 Å². The Hall–Kier alpha value is -2.22. The molecule has 0 heterocycles. The van der Waals surface area contributed by atoms with Gasteiger partial charge < -0.3 is 0 Å².